The number of nitrogens with zero attached hydrogens (tertiary/aromatic N) is 1. The Kier molecular flexibility index (Phi) is 1.61. The fourth-order valence-electron chi connectivity index (χ4n) is 1.27. The normalized spacial score (nSPS) is 37.6. The van der Waals surface area contributed by atoms with Crippen molar-refractivity contribution < 1.29 is 0 Å². The molecule has 0 aromatic heterocycles. The lowest BCUT2D eigenvalue weighted by molar-refractivity contribution is 0.593. The summed E-state index contributed by atoms with van der Waals surface area (Å²) < 4.78 is 0. The zero-order valence-electron chi connectivity index (χ0n) is 5.13. The summed E-state index contributed by atoms with van der Waals surface area (Å²) >= 11 is 0. The van der Waals surface area contributed by atoms with E-state index >= 15 is 0 Å². The van der Waals surface area contributed by atoms with Gasteiger partial charge in [-0.25, -0.2) is 0 Å². The fourth-order valence-corrected chi connectivity index (χ4v) is 1.27. The largest absolute Gasteiger partial charge is 0.151 e. The van der Waals surface area contributed by atoms with E-state index in [-0.39, 0.29) is 6.04 Å². The van der Waals surface area contributed by atoms with Gasteiger partial charge in [-0.3, -0.25) is 0 Å². The lowest BCUT2D eigenvalue weighted by atomic mass is 10.1. The summed E-state index contributed by atoms with van der Waals surface area (Å²) in [6, 6.07) is 0.144. The van der Waals surface area contributed by atoms with Gasteiger partial charge in [0.2, 0.25) is 0 Å². The zero-order valence-corrected chi connectivity index (χ0v) is 5.13. The van der Waals surface area contributed by atoms with E-state index in [9.17, 15) is 4.91 Å². The highest BCUT2D eigenvalue weighted by molar-refractivity contribution is 4.76. The highest BCUT2D eigenvalue weighted by Gasteiger charge is 2.20. The Morgan fingerprint density at radius 2 is 2.25 bits per heavy atom. The van der Waals surface area contributed by atoms with Gasteiger partial charge in [0.15, 0.2) is 0 Å². The maximum Gasteiger partial charge on any atom is 0.0922 e. The Bertz CT molecular complexity index is 92.5. The third kappa shape index (κ3) is 1.05. The van der Waals surface area contributed by atoms with Crippen LogP contribution in [0.1, 0.15) is 26.2 Å². The van der Waals surface area contributed by atoms with Crippen LogP contribution in [-0.4, -0.2) is 6.04 Å². The molecule has 2 nitrogen and oxygen atoms in total. The van der Waals surface area contributed by atoms with E-state index < -0.39 is 0 Å². The molecule has 0 saturated heterocycles. The van der Waals surface area contributed by atoms with Gasteiger partial charge in [-0.05, 0) is 25.2 Å². The van der Waals surface area contributed by atoms with E-state index in [0.29, 0.717) is 0 Å². The van der Waals surface area contributed by atoms with Crippen molar-refractivity contribution >= 4 is 0 Å². The molecule has 1 unspecified atom stereocenters. The summed E-state index contributed by atoms with van der Waals surface area (Å²) in [5.74, 6) is 0.734. The standard InChI is InChI=1S/C6H11NO/c1-5-2-3-6(4-5)7-8/h5-6H,2-4H2,1H3/t5-,6?/m1/s1. The second-order valence-corrected chi connectivity index (χ2v) is 2.68. The van der Waals surface area contributed by atoms with Crippen LogP contribution in [0.2, 0.25) is 0 Å². The molecule has 0 N–H and O–H groups in total. The summed E-state index contributed by atoms with van der Waals surface area (Å²) in [5.41, 5.74) is 0. The molecule has 46 valence electrons. The molecule has 0 aromatic rings. The number of hydrogen-bond donors (Lipinski definition) is 0. The number of hydrogen-bond acceptors (Lipinski definition) is 2. The molecule has 0 radical (unpaired) electrons. The molecule has 0 amide bonds. The molecule has 1 saturated carbocycles. The Balaban J connectivity index is 2.32. The molecule has 1 aliphatic carbocycles. The Morgan fingerprint density at radius 1 is 1.50 bits per heavy atom. The molecule has 0 spiro atoms. The van der Waals surface area contributed by atoms with Gasteiger partial charge in [-0.2, -0.15) is 4.91 Å². The molecule has 1 aliphatic rings. The van der Waals surface area contributed by atoms with Crippen LogP contribution in [-0.2, 0) is 0 Å². The predicted octanol–water partition coefficient (Wildman–Crippen LogP) is 1.94. The van der Waals surface area contributed by atoms with E-state index in [2.05, 4.69) is 12.1 Å². The fraction of sp³-hybridized carbons (Fsp3) is 1.00. The Hall–Kier alpha value is -0.400. The molecule has 0 aliphatic heterocycles. The van der Waals surface area contributed by atoms with Crippen molar-refractivity contribution in [2.24, 2.45) is 11.1 Å². The number of rotatable bonds is 1. The summed E-state index contributed by atoms with van der Waals surface area (Å²) in [6.07, 6.45) is 3.23. The van der Waals surface area contributed by atoms with Crippen molar-refractivity contribution in [1.29, 1.82) is 0 Å². The predicted molar refractivity (Wildman–Crippen MR) is 32.6 cm³/mol. The number of nitroso groups, excluding NO2 is 1. The first kappa shape index (κ1) is 5.73. The second-order valence-electron chi connectivity index (χ2n) is 2.68. The van der Waals surface area contributed by atoms with Gasteiger partial charge in [0, 0.05) is 0 Å². The SMILES string of the molecule is C[C@@H]1CCC(N=O)C1. The molecule has 1 fully saturated rings. The zero-order chi connectivity index (χ0) is 5.98. The third-order valence-corrected chi connectivity index (χ3v) is 1.82. The molecule has 2 heteroatoms. The van der Waals surface area contributed by atoms with E-state index in [1.165, 1.54) is 6.42 Å². The highest BCUT2D eigenvalue weighted by Crippen LogP contribution is 2.26. The summed E-state index contributed by atoms with van der Waals surface area (Å²) in [4.78, 5) is 9.90. The van der Waals surface area contributed by atoms with Gasteiger partial charge in [-0.15, -0.1) is 0 Å². The molecule has 0 heterocycles. The molecule has 8 heavy (non-hydrogen) atoms. The first-order valence-corrected chi connectivity index (χ1v) is 3.15. The summed E-state index contributed by atoms with van der Waals surface area (Å²) in [6.45, 7) is 2.17. The maximum absolute atomic E-state index is 9.90. The minimum Gasteiger partial charge on any atom is -0.151 e. The van der Waals surface area contributed by atoms with Crippen molar-refractivity contribution in [3.63, 3.8) is 0 Å². The minimum absolute atomic E-state index is 0.144. The third-order valence-electron chi connectivity index (χ3n) is 1.82. The minimum atomic E-state index is 0.144. The maximum atomic E-state index is 9.90. The van der Waals surface area contributed by atoms with Crippen molar-refractivity contribution in [3.05, 3.63) is 4.91 Å². The van der Waals surface area contributed by atoms with E-state index in [1.807, 2.05) is 0 Å². The first-order valence-electron chi connectivity index (χ1n) is 3.15. The Labute approximate surface area is 49.3 Å². The molecule has 0 aromatic carbocycles. The van der Waals surface area contributed by atoms with Crippen molar-refractivity contribution in [3.8, 4) is 0 Å². The van der Waals surface area contributed by atoms with Gasteiger partial charge in [0.1, 0.15) is 0 Å². The topological polar surface area (TPSA) is 29.4 Å². The van der Waals surface area contributed by atoms with Crippen LogP contribution in [0.15, 0.2) is 5.18 Å². The lowest BCUT2D eigenvalue weighted by Crippen LogP contribution is -1.94. The van der Waals surface area contributed by atoms with Crippen LogP contribution in [0.3, 0.4) is 0 Å². The Morgan fingerprint density at radius 3 is 2.50 bits per heavy atom. The van der Waals surface area contributed by atoms with Gasteiger partial charge in [0.25, 0.3) is 0 Å². The van der Waals surface area contributed by atoms with E-state index in [1.54, 1.807) is 0 Å². The molecular weight excluding hydrogens is 102 g/mol. The quantitative estimate of drug-likeness (QED) is 0.478. The van der Waals surface area contributed by atoms with Gasteiger partial charge < -0.3 is 0 Å². The summed E-state index contributed by atoms with van der Waals surface area (Å²) in [5, 5.41) is 2.99. The van der Waals surface area contributed by atoms with Crippen LogP contribution in [0, 0.1) is 10.8 Å². The first-order chi connectivity index (χ1) is 3.83. The molecular formula is C6H11NO. The highest BCUT2D eigenvalue weighted by atomic mass is 16.3. The van der Waals surface area contributed by atoms with Gasteiger partial charge in [-0.1, -0.05) is 12.1 Å². The average Bonchev–Trinajstić information content (AvgIpc) is 2.14. The van der Waals surface area contributed by atoms with E-state index in [4.69, 9.17) is 0 Å². The second kappa shape index (κ2) is 2.25. The van der Waals surface area contributed by atoms with Crippen LogP contribution in [0.4, 0.5) is 0 Å². The van der Waals surface area contributed by atoms with E-state index in [0.717, 1.165) is 18.8 Å². The van der Waals surface area contributed by atoms with Crippen molar-refractivity contribution in [2.45, 2.75) is 32.2 Å². The van der Waals surface area contributed by atoms with Crippen LogP contribution in [0.5, 0.6) is 0 Å². The van der Waals surface area contributed by atoms with Crippen molar-refractivity contribution in [2.75, 3.05) is 0 Å². The van der Waals surface area contributed by atoms with Crippen LogP contribution in [0.25, 0.3) is 0 Å². The van der Waals surface area contributed by atoms with Gasteiger partial charge >= 0.3 is 0 Å². The average molecular weight is 113 g/mol. The molecule has 1 rings (SSSR count). The molecule has 0 bridgehead atoms. The lowest BCUT2D eigenvalue weighted by Gasteiger charge is -1.94. The summed E-state index contributed by atoms with van der Waals surface area (Å²) in [7, 11) is 0. The van der Waals surface area contributed by atoms with Gasteiger partial charge in [0.05, 0.1) is 6.04 Å². The van der Waals surface area contributed by atoms with Crippen LogP contribution < -0.4 is 0 Å². The van der Waals surface area contributed by atoms with Crippen LogP contribution >= 0.6 is 0 Å². The van der Waals surface area contributed by atoms with Crippen molar-refractivity contribution in [1.82, 2.24) is 0 Å². The smallest absolute Gasteiger partial charge is 0.0922 e. The molecule has 2 atom stereocenters. The monoisotopic (exact) mass is 113 g/mol.